The van der Waals surface area contributed by atoms with E-state index >= 15 is 0 Å². The van der Waals surface area contributed by atoms with Crippen molar-refractivity contribution in [3.05, 3.63) is 71.0 Å². The SMILES string of the molecule is Cc1cccc(CC(=O)N(Cc2ccc(F)cc2)[C@@H](C)C(=O)NC(C)(C)C)c1. The number of nitrogens with zero attached hydrogens (tertiary/aromatic N) is 1. The average molecular weight is 384 g/mol. The first-order valence-electron chi connectivity index (χ1n) is 9.46. The lowest BCUT2D eigenvalue weighted by Gasteiger charge is -2.31. The van der Waals surface area contributed by atoms with E-state index in [0.29, 0.717) is 0 Å². The van der Waals surface area contributed by atoms with Crippen LogP contribution in [-0.4, -0.2) is 28.3 Å². The van der Waals surface area contributed by atoms with Gasteiger partial charge in [0.15, 0.2) is 0 Å². The van der Waals surface area contributed by atoms with E-state index < -0.39 is 11.6 Å². The van der Waals surface area contributed by atoms with Crippen LogP contribution >= 0.6 is 0 Å². The summed E-state index contributed by atoms with van der Waals surface area (Å²) >= 11 is 0. The van der Waals surface area contributed by atoms with E-state index in [9.17, 15) is 14.0 Å². The van der Waals surface area contributed by atoms with Gasteiger partial charge in [0, 0.05) is 12.1 Å². The van der Waals surface area contributed by atoms with Crippen molar-refractivity contribution >= 4 is 11.8 Å². The van der Waals surface area contributed by atoms with Crippen LogP contribution < -0.4 is 5.32 Å². The number of amides is 2. The summed E-state index contributed by atoms with van der Waals surface area (Å²) in [5, 5.41) is 2.93. The fraction of sp³-hybridized carbons (Fsp3) is 0.391. The predicted molar refractivity (Wildman–Crippen MR) is 109 cm³/mol. The molecule has 2 aromatic rings. The highest BCUT2D eigenvalue weighted by atomic mass is 19.1. The van der Waals surface area contributed by atoms with Crippen molar-refractivity contribution in [2.75, 3.05) is 0 Å². The van der Waals surface area contributed by atoms with Crippen molar-refractivity contribution in [3.8, 4) is 0 Å². The molecule has 0 saturated heterocycles. The number of hydrogen-bond acceptors (Lipinski definition) is 2. The average Bonchev–Trinajstić information content (AvgIpc) is 2.59. The first-order valence-corrected chi connectivity index (χ1v) is 9.46. The number of benzene rings is 2. The first-order chi connectivity index (χ1) is 13.0. The van der Waals surface area contributed by atoms with Gasteiger partial charge in [0.2, 0.25) is 11.8 Å². The van der Waals surface area contributed by atoms with Gasteiger partial charge in [0.1, 0.15) is 11.9 Å². The van der Waals surface area contributed by atoms with Gasteiger partial charge < -0.3 is 10.2 Å². The fourth-order valence-electron chi connectivity index (χ4n) is 2.94. The third-order valence-corrected chi connectivity index (χ3v) is 4.37. The molecule has 2 amide bonds. The molecule has 28 heavy (non-hydrogen) atoms. The van der Waals surface area contributed by atoms with E-state index in [0.717, 1.165) is 16.7 Å². The van der Waals surface area contributed by atoms with Crippen LogP contribution in [0, 0.1) is 12.7 Å². The lowest BCUT2D eigenvalue weighted by molar-refractivity contribution is -0.140. The van der Waals surface area contributed by atoms with Crippen LogP contribution in [0.3, 0.4) is 0 Å². The molecule has 2 rings (SSSR count). The van der Waals surface area contributed by atoms with E-state index in [1.807, 2.05) is 52.0 Å². The van der Waals surface area contributed by atoms with Crippen molar-refractivity contribution in [3.63, 3.8) is 0 Å². The second-order valence-electron chi connectivity index (χ2n) is 8.23. The Morgan fingerprint density at radius 1 is 1.07 bits per heavy atom. The van der Waals surface area contributed by atoms with Crippen molar-refractivity contribution in [2.45, 2.75) is 59.2 Å². The van der Waals surface area contributed by atoms with Crippen LogP contribution in [-0.2, 0) is 22.6 Å². The van der Waals surface area contributed by atoms with E-state index in [4.69, 9.17) is 0 Å². The van der Waals surface area contributed by atoms with Crippen molar-refractivity contribution in [1.82, 2.24) is 10.2 Å². The molecule has 0 unspecified atom stereocenters. The van der Waals surface area contributed by atoms with Crippen LogP contribution in [0.2, 0.25) is 0 Å². The second-order valence-corrected chi connectivity index (χ2v) is 8.23. The summed E-state index contributed by atoms with van der Waals surface area (Å²) in [6.45, 7) is 9.63. The third-order valence-electron chi connectivity index (χ3n) is 4.37. The van der Waals surface area contributed by atoms with Crippen molar-refractivity contribution in [1.29, 1.82) is 0 Å². The van der Waals surface area contributed by atoms with Gasteiger partial charge in [-0.15, -0.1) is 0 Å². The fourth-order valence-corrected chi connectivity index (χ4v) is 2.94. The summed E-state index contributed by atoms with van der Waals surface area (Å²) in [7, 11) is 0. The number of hydrogen-bond donors (Lipinski definition) is 1. The van der Waals surface area contributed by atoms with Gasteiger partial charge >= 0.3 is 0 Å². The molecule has 0 heterocycles. The van der Waals surface area contributed by atoms with Crippen molar-refractivity contribution in [2.24, 2.45) is 0 Å². The highest BCUT2D eigenvalue weighted by Crippen LogP contribution is 2.14. The van der Waals surface area contributed by atoms with E-state index in [1.54, 1.807) is 24.0 Å². The molecule has 0 spiro atoms. The molecule has 0 aromatic heterocycles. The quantitative estimate of drug-likeness (QED) is 0.818. The Kier molecular flexibility index (Phi) is 6.95. The first kappa shape index (κ1) is 21.6. The summed E-state index contributed by atoms with van der Waals surface area (Å²) in [5.74, 6) is -0.696. The molecule has 0 saturated carbocycles. The minimum Gasteiger partial charge on any atom is -0.350 e. The van der Waals surface area contributed by atoms with Crippen molar-refractivity contribution < 1.29 is 14.0 Å². The highest BCUT2D eigenvalue weighted by molar-refractivity contribution is 5.88. The Morgan fingerprint density at radius 3 is 2.29 bits per heavy atom. The molecule has 150 valence electrons. The number of rotatable bonds is 6. The highest BCUT2D eigenvalue weighted by Gasteiger charge is 2.28. The van der Waals surface area contributed by atoms with E-state index in [2.05, 4.69) is 5.32 Å². The van der Waals surface area contributed by atoms with Crippen LogP contribution in [0.1, 0.15) is 44.4 Å². The summed E-state index contributed by atoms with van der Waals surface area (Å²) in [4.78, 5) is 27.3. The Labute approximate surface area is 166 Å². The lowest BCUT2D eigenvalue weighted by atomic mass is 10.1. The molecule has 5 heteroatoms. The van der Waals surface area contributed by atoms with Gasteiger partial charge in [0.05, 0.1) is 6.42 Å². The van der Waals surface area contributed by atoms with Gasteiger partial charge in [-0.25, -0.2) is 4.39 Å². The maximum absolute atomic E-state index is 13.2. The standard InChI is InChI=1S/C23H29FN2O2/c1-16-7-6-8-19(13-16)14-21(27)26(15-18-9-11-20(24)12-10-18)17(2)22(28)25-23(3,4)5/h6-13,17H,14-15H2,1-5H3,(H,25,28)/t17-/m0/s1. The molecule has 0 bridgehead atoms. The Morgan fingerprint density at radius 2 is 1.71 bits per heavy atom. The molecule has 0 radical (unpaired) electrons. The van der Waals surface area contributed by atoms with E-state index in [1.165, 1.54) is 12.1 Å². The summed E-state index contributed by atoms with van der Waals surface area (Å²) in [6, 6.07) is 13.1. The van der Waals surface area contributed by atoms with Gasteiger partial charge in [0.25, 0.3) is 0 Å². The summed E-state index contributed by atoms with van der Waals surface area (Å²) in [5.41, 5.74) is 2.35. The molecular formula is C23H29FN2O2. The largest absolute Gasteiger partial charge is 0.350 e. The number of nitrogens with one attached hydrogen (secondary N) is 1. The minimum absolute atomic E-state index is 0.147. The molecule has 0 fully saturated rings. The monoisotopic (exact) mass is 384 g/mol. The topological polar surface area (TPSA) is 49.4 Å². The van der Waals surface area contributed by atoms with Crippen LogP contribution in [0.15, 0.2) is 48.5 Å². The van der Waals surface area contributed by atoms with Gasteiger partial charge in [-0.1, -0.05) is 42.0 Å². The van der Waals surface area contributed by atoms with Gasteiger partial charge in [-0.3, -0.25) is 9.59 Å². The Bertz CT molecular complexity index is 825. The summed E-state index contributed by atoms with van der Waals surface area (Å²) < 4.78 is 13.2. The molecule has 1 atom stereocenters. The molecule has 0 aliphatic heterocycles. The molecule has 4 nitrogen and oxygen atoms in total. The number of carbonyl (C=O) groups is 2. The van der Waals surface area contributed by atoms with Crippen LogP contribution in [0.25, 0.3) is 0 Å². The lowest BCUT2D eigenvalue weighted by Crippen LogP contribution is -2.52. The normalized spacial score (nSPS) is 12.4. The maximum Gasteiger partial charge on any atom is 0.242 e. The number of halogens is 1. The van der Waals surface area contributed by atoms with Crippen LogP contribution in [0.5, 0.6) is 0 Å². The number of aryl methyl sites for hydroxylation is 1. The zero-order valence-electron chi connectivity index (χ0n) is 17.3. The van der Waals surface area contributed by atoms with E-state index in [-0.39, 0.29) is 30.6 Å². The maximum atomic E-state index is 13.2. The summed E-state index contributed by atoms with van der Waals surface area (Å²) in [6.07, 6.45) is 0.204. The van der Waals surface area contributed by atoms with Crippen LogP contribution in [0.4, 0.5) is 4.39 Å². The molecular weight excluding hydrogens is 355 g/mol. The molecule has 1 N–H and O–H groups in total. The third kappa shape index (κ3) is 6.48. The molecule has 0 aliphatic carbocycles. The minimum atomic E-state index is -0.651. The molecule has 2 aromatic carbocycles. The smallest absolute Gasteiger partial charge is 0.242 e. The zero-order valence-corrected chi connectivity index (χ0v) is 17.3. The van der Waals surface area contributed by atoms with Gasteiger partial charge in [-0.05, 0) is 57.9 Å². The predicted octanol–water partition coefficient (Wildman–Crippen LogP) is 4.01. The Balaban J connectivity index is 2.24. The Hall–Kier alpha value is -2.69. The van der Waals surface area contributed by atoms with Gasteiger partial charge in [-0.2, -0.15) is 0 Å². The molecule has 0 aliphatic rings. The second kappa shape index (κ2) is 9.00. The zero-order chi connectivity index (χ0) is 20.9. The number of carbonyl (C=O) groups excluding carboxylic acids is 2.